The van der Waals surface area contributed by atoms with E-state index in [1.807, 2.05) is 31.2 Å². The Hall–Kier alpha value is -2.54. The van der Waals surface area contributed by atoms with Gasteiger partial charge in [-0.15, -0.1) is 0 Å². The van der Waals surface area contributed by atoms with Crippen LogP contribution in [0.4, 0.5) is 11.6 Å². The monoisotopic (exact) mass is 357 g/mol. The Morgan fingerprint density at radius 1 is 1.24 bits per heavy atom. The van der Waals surface area contributed by atoms with Gasteiger partial charge in [0, 0.05) is 0 Å². The van der Waals surface area contributed by atoms with Crippen LogP contribution in [0.1, 0.15) is 13.3 Å². The number of anilines is 2. The lowest BCUT2D eigenvalue weighted by atomic mass is 10.2. The molecule has 0 aliphatic carbocycles. The third kappa shape index (κ3) is 2.84. The number of aromatic nitrogens is 2. The highest BCUT2D eigenvalue weighted by atomic mass is 32.2. The quantitative estimate of drug-likeness (QED) is 0.775. The Labute approximate surface area is 146 Å². The number of hydrogen-bond acceptors (Lipinski definition) is 5. The van der Waals surface area contributed by atoms with E-state index in [9.17, 15) is 8.42 Å². The number of ether oxygens (including phenoxy) is 1. The molecule has 6 nitrogen and oxygen atoms in total. The van der Waals surface area contributed by atoms with E-state index in [-0.39, 0.29) is 5.75 Å². The number of nitrogens with zero attached hydrogens (tertiary/aromatic N) is 2. The van der Waals surface area contributed by atoms with Crippen LogP contribution in [-0.2, 0) is 9.84 Å². The van der Waals surface area contributed by atoms with Crippen LogP contribution in [0.25, 0.3) is 11.0 Å². The molecule has 130 valence electrons. The number of benzene rings is 2. The molecule has 1 aromatic heterocycles. The zero-order chi connectivity index (χ0) is 17.4. The van der Waals surface area contributed by atoms with Crippen LogP contribution in [0.15, 0.2) is 47.4 Å². The molecule has 4 rings (SSSR count). The fourth-order valence-electron chi connectivity index (χ4n) is 3.07. The molecule has 1 aliphatic heterocycles. The van der Waals surface area contributed by atoms with Crippen molar-refractivity contribution in [2.75, 3.05) is 23.8 Å². The summed E-state index contributed by atoms with van der Waals surface area (Å²) in [5.74, 6) is 1.66. The summed E-state index contributed by atoms with van der Waals surface area (Å²) in [5.41, 5.74) is 2.41. The Bertz CT molecular complexity index is 1030. The second-order valence-electron chi connectivity index (χ2n) is 6.03. The molecule has 1 N–H and O–H groups in total. The molecule has 2 aromatic carbocycles. The van der Waals surface area contributed by atoms with Gasteiger partial charge in [-0.25, -0.2) is 13.4 Å². The lowest BCUT2D eigenvalue weighted by molar-refractivity contribution is 0.313. The van der Waals surface area contributed by atoms with Gasteiger partial charge in [-0.1, -0.05) is 19.1 Å². The van der Waals surface area contributed by atoms with E-state index < -0.39 is 9.84 Å². The Kier molecular flexibility index (Phi) is 3.88. The maximum absolute atomic E-state index is 12.3. The molecule has 3 aromatic rings. The second-order valence-corrected chi connectivity index (χ2v) is 8.14. The lowest BCUT2D eigenvalue weighted by Crippen LogP contribution is -2.29. The van der Waals surface area contributed by atoms with Gasteiger partial charge in [0.2, 0.25) is 5.95 Å². The first-order valence-corrected chi connectivity index (χ1v) is 9.95. The van der Waals surface area contributed by atoms with E-state index >= 15 is 0 Å². The molecule has 0 saturated heterocycles. The third-order valence-electron chi connectivity index (χ3n) is 4.26. The van der Waals surface area contributed by atoms with Crippen molar-refractivity contribution in [3.63, 3.8) is 0 Å². The van der Waals surface area contributed by atoms with Crippen LogP contribution >= 0.6 is 0 Å². The van der Waals surface area contributed by atoms with Gasteiger partial charge in [-0.05, 0) is 36.8 Å². The molecule has 0 amide bonds. The average Bonchev–Trinajstić information content (AvgIpc) is 3.04. The first kappa shape index (κ1) is 16.0. The van der Waals surface area contributed by atoms with E-state index in [4.69, 9.17) is 4.74 Å². The van der Waals surface area contributed by atoms with Gasteiger partial charge in [0.15, 0.2) is 9.84 Å². The highest BCUT2D eigenvalue weighted by Crippen LogP contribution is 2.35. The normalized spacial score (nSPS) is 14.4. The summed E-state index contributed by atoms with van der Waals surface area (Å²) in [6.07, 6.45) is 0.596. The van der Waals surface area contributed by atoms with Crippen LogP contribution < -0.4 is 9.64 Å². The minimum absolute atomic E-state index is 0.149. The van der Waals surface area contributed by atoms with Crippen LogP contribution in [-0.4, -0.2) is 37.3 Å². The first-order valence-electron chi connectivity index (χ1n) is 8.30. The number of nitrogens with one attached hydrogen (secondary N) is 1. The van der Waals surface area contributed by atoms with E-state index in [0.717, 1.165) is 22.5 Å². The number of aromatic amines is 1. The summed E-state index contributed by atoms with van der Waals surface area (Å²) in [6, 6.07) is 12.9. The van der Waals surface area contributed by atoms with Gasteiger partial charge in [0.25, 0.3) is 0 Å². The van der Waals surface area contributed by atoms with Gasteiger partial charge in [-0.2, -0.15) is 0 Å². The van der Waals surface area contributed by atoms with E-state index in [1.54, 1.807) is 18.2 Å². The van der Waals surface area contributed by atoms with Gasteiger partial charge < -0.3 is 14.6 Å². The highest BCUT2D eigenvalue weighted by Gasteiger charge is 2.22. The number of sulfone groups is 1. The van der Waals surface area contributed by atoms with Crippen molar-refractivity contribution in [2.45, 2.75) is 18.2 Å². The second kappa shape index (κ2) is 6.07. The molecular formula is C18H19N3O3S. The standard InChI is InChI=1S/C18H19N3O3S/c1-2-11-25(22,23)13-7-8-14-15(12-13)20-18(19-14)21-9-10-24-17-6-4-3-5-16(17)21/h3-8,12H,2,9-11H2,1H3,(H,19,20). The van der Waals surface area contributed by atoms with Crippen molar-refractivity contribution in [3.05, 3.63) is 42.5 Å². The van der Waals surface area contributed by atoms with Crippen LogP contribution in [0.2, 0.25) is 0 Å². The van der Waals surface area contributed by atoms with Crippen molar-refractivity contribution >= 4 is 32.5 Å². The maximum atomic E-state index is 12.3. The Morgan fingerprint density at radius 2 is 2.08 bits per heavy atom. The van der Waals surface area contributed by atoms with Crippen LogP contribution in [0, 0.1) is 0 Å². The molecule has 1 aliphatic rings. The van der Waals surface area contributed by atoms with Crippen molar-refractivity contribution < 1.29 is 13.2 Å². The fraction of sp³-hybridized carbons (Fsp3) is 0.278. The van der Waals surface area contributed by atoms with Gasteiger partial charge >= 0.3 is 0 Å². The highest BCUT2D eigenvalue weighted by molar-refractivity contribution is 7.91. The maximum Gasteiger partial charge on any atom is 0.208 e. The number of para-hydroxylation sites is 2. The molecule has 25 heavy (non-hydrogen) atoms. The topological polar surface area (TPSA) is 75.3 Å². The summed E-state index contributed by atoms with van der Waals surface area (Å²) < 4.78 is 30.3. The van der Waals surface area contributed by atoms with Crippen molar-refractivity contribution in [3.8, 4) is 5.75 Å². The molecule has 0 radical (unpaired) electrons. The van der Waals surface area contributed by atoms with Gasteiger partial charge in [0.1, 0.15) is 12.4 Å². The SMILES string of the molecule is CCCS(=O)(=O)c1ccc2nc(N3CCOc4ccccc43)[nH]c2c1. The largest absolute Gasteiger partial charge is 0.490 e. The molecular weight excluding hydrogens is 338 g/mol. The molecule has 0 fully saturated rings. The number of imidazole rings is 1. The summed E-state index contributed by atoms with van der Waals surface area (Å²) in [6.45, 7) is 3.11. The van der Waals surface area contributed by atoms with Crippen LogP contribution in [0.5, 0.6) is 5.75 Å². The summed E-state index contributed by atoms with van der Waals surface area (Å²) >= 11 is 0. The average molecular weight is 357 g/mol. The Balaban J connectivity index is 1.76. The van der Waals surface area contributed by atoms with E-state index in [1.165, 1.54) is 0 Å². The number of H-pyrrole nitrogens is 1. The predicted octanol–water partition coefficient (Wildman–Crippen LogP) is 3.28. The van der Waals surface area contributed by atoms with E-state index in [2.05, 4.69) is 14.9 Å². The van der Waals surface area contributed by atoms with Crippen molar-refractivity contribution in [1.29, 1.82) is 0 Å². The van der Waals surface area contributed by atoms with E-state index in [0.29, 0.717) is 30.4 Å². The summed E-state index contributed by atoms with van der Waals surface area (Å²) in [7, 11) is -3.25. The minimum Gasteiger partial charge on any atom is -0.490 e. The zero-order valence-electron chi connectivity index (χ0n) is 13.9. The summed E-state index contributed by atoms with van der Waals surface area (Å²) in [4.78, 5) is 10.3. The minimum atomic E-state index is -3.25. The summed E-state index contributed by atoms with van der Waals surface area (Å²) in [5, 5.41) is 0. The lowest BCUT2D eigenvalue weighted by Gasteiger charge is -2.28. The predicted molar refractivity (Wildman–Crippen MR) is 97.4 cm³/mol. The fourth-order valence-corrected chi connectivity index (χ4v) is 4.42. The third-order valence-corrected chi connectivity index (χ3v) is 6.17. The Morgan fingerprint density at radius 3 is 2.92 bits per heavy atom. The van der Waals surface area contributed by atoms with Gasteiger partial charge in [-0.3, -0.25) is 0 Å². The molecule has 0 atom stereocenters. The molecule has 2 heterocycles. The number of rotatable bonds is 4. The molecule has 7 heteroatoms. The van der Waals surface area contributed by atoms with Gasteiger partial charge in [0.05, 0.1) is 33.9 Å². The molecule has 0 spiro atoms. The smallest absolute Gasteiger partial charge is 0.208 e. The number of hydrogen-bond donors (Lipinski definition) is 1. The molecule has 0 saturated carbocycles. The van der Waals surface area contributed by atoms with Crippen molar-refractivity contribution in [1.82, 2.24) is 9.97 Å². The first-order chi connectivity index (χ1) is 12.1. The van der Waals surface area contributed by atoms with Crippen LogP contribution in [0.3, 0.4) is 0 Å². The zero-order valence-corrected chi connectivity index (χ0v) is 14.7. The molecule has 0 unspecified atom stereocenters. The molecule has 0 bridgehead atoms. The van der Waals surface area contributed by atoms with Crippen molar-refractivity contribution in [2.24, 2.45) is 0 Å². The number of fused-ring (bicyclic) bond motifs is 2.